The first kappa shape index (κ1) is 19.7. The Bertz CT molecular complexity index is 701. The van der Waals surface area contributed by atoms with Crippen molar-refractivity contribution in [3.05, 3.63) is 52.0 Å². The first-order chi connectivity index (χ1) is 11.7. The molecule has 1 atom stereocenters. The van der Waals surface area contributed by atoms with E-state index in [9.17, 15) is 18.3 Å². The van der Waals surface area contributed by atoms with E-state index in [1.807, 2.05) is 0 Å². The summed E-state index contributed by atoms with van der Waals surface area (Å²) in [6.07, 6.45) is -5.45. The minimum atomic E-state index is -4.56. The zero-order chi connectivity index (χ0) is 18.6. The Labute approximate surface area is 151 Å². The van der Waals surface area contributed by atoms with Crippen LogP contribution in [0.4, 0.5) is 18.9 Å². The van der Waals surface area contributed by atoms with Crippen LogP contribution in [-0.2, 0) is 6.18 Å². The molecule has 3 N–H and O–H groups in total. The second-order valence-electron chi connectivity index (χ2n) is 5.11. The van der Waals surface area contributed by atoms with Gasteiger partial charge in [0.15, 0.2) is 5.75 Å². The lowest BCUT2D eigenvalue weighted by atomic mass is 10.2. The summed E-state index contributed by atoms with van der Waals surface area (Å²) in [7, 11) is 0. The van der Waals surface area contributed by atoms with Crippen LogP contribution < -0.4 is 10.1 Å². The highest BCUT2D eigenvalue weighted by atomic mass is 35.5. The number of benzene rings is 2. The average molecular weight is 396 g/mol. The average Bonchev–Trinajstić information content (AvgIpc) is 2.56. The summed E-state index contributed by atoms with van der Waals surface area (Å²) in [5.41, 5.74) is -0.304. The van der Waals surface area contributed by atoms with Gasteiger partial charge in [-0.25, -0.2) is 0 Å². The van der Waals surface area contributed by atoms with Crippen LogP contribution in [0.15, 0.2) is 36.4 Å². The first-order valence-electron chi connectivity index (χ1n) is 7.07. The van der Waals surface area contributed by atoms with E-state index < -0.39 is 17.8 Å². The molecule has 0 aliphatic carbocycles. The molecule has 25 heavy (non-hydrogen) atoms. The predicted octanol–water partition coefficient (Wildman–Crippen LogP) is 4.57. The summed E-state index contributed by atoms with van der Waals surface area (Å²) in [5, 5.41) is 20.4. The van der Waals surface area contributed by atoms with Crippen LogP contribution in [0.5, 0.6) is 11.5 Å². The quantitative estimate of drug-likeness (QED) is 0.670. The predicted molar refractivity (Wildman–Crippen MR) is 89.6 cm³/mol. The van der Waals surface area contributed by atoms with Gasteiger partial charge in [0.1, 0.15) is 5.75 Å². The highest BCUT2D eigenvalue weighted by molar-refractivity contribution is 6.37. The Hall–Kier alpha value is -1.67. The summed E-state index contributed by atoms with van der Waals surface area (Å²) < 4.78 is 43.6. The topological polar surface area (TPSA) is 61.7 Å². The molecule has 0 heterocycles. The Balaban J connectivity index is 2.12. The largest absolute Gasteiger partial charge is 0.454 e. The molecule has 0 aromatic heterocycles. The summed E-state index contributed by atoms with van der Waals surface area (Å²) >= 11 is 11.7. The zero-order valence-corrected chi connectivity index (χ0v) is 14.2. The molecule has 0 aliphatic heterocycles. The van der Waals surface area contributed by atoms with E-state index in [1.165, 1.54) is 0 Å². The van der Waals surface area contributed by atoms with Crippen molar-refractivity contribution in [2.24, 2.45) is 0 Å². The number of ether oxygens (including phenoxy) is 1. The van der Waals surface area contributed by atoms with Crippen molar-refractivity contribution in [1.29, 1.82) is 0 Å². The second kappa shape index (κ2) is 8.14. The third-order valence-corrected chi connectivity index (χ3v) is 3.71. The van der Waals surface area contributed by atoms with E-state index in [2.05, 4.69) is 5.32 Å². The monoisotopic (exact) mass is 395 g/mol. The molecule has 2 rings (SSSR count). The Morgan fingerprint density at radius 3 is 2.12 bits per heavy atom. The number of alkyl halides is 3. The van der Waals surface area contributed by atoms with Gasteiger partial charge in [-0.3, -0.25) is 0 Å². The lowest BCUT2D eigenvalue weighted by molar-refractivity contribution is -0.137. The van der Waals surface area contributed by atoms with E-state index >= 15 is 0 Å². The highest BCUT2D eigenvalue weighted by Gasteiger charge is 2.32. The van der Waals surface area contributed by atoms with Crippen LogP contribution in [0, 0.1) is 0 Å². The van der Waals surface area contributed by atoms with Gasteiger partial charge >= 0.3 is 6.18 Å². The van der Waals surface area contributed by atoms with Crippen molar-refractivity contribution in [3.8, 4) is 11.5 Å². The molecular weight excluding hydrogens is 382 g/mol. The fraction of sp³-hybridized carbons (Fsp3) is 0.250. The minimum absolute atomic E-state index is 0.0762. The van der Waals surface area contributed by atoms with Crippen molar-refractivity contribution in [1.82, 2.24) is 0 Å². The van der Waals surface area contributed by atoms with Gasteiger partial charge in [0, 0.05) is 12.2 Å². The van der Waals surface area contributed by atoms with Gasteiger partial charge in [0.2, 0.25) is 0 Å². The van der Waals surface area contributed by atoms with Gasteiger partial charge < -0.3 is 20.3 Å². The molecule has 9 heteroatoms. The van der Waals surface area contributed by atoms with Crippen LogP contribution >= 0.6 is 23.2 Å². The lowest BCUT2D eigenvalue weighted by Crippen LogP contribution is -2.22. The number of halogens is 5. The highest BCUT2D eigenvalue weighted by Crippen LogP contribution is 2.41. The third-order valence-electron chi connectivity index (χ3n) is 3.15. The molecule has 0 amide bonds. The summed E-state index contributed by atoms with van der Waals surface area (Å²) in [6, 6.07) is 7.86. The van der Waals surface area contributed by atoms with E-state index in [0.29, 0.717) is 11.4 Å². The fourth-order valence-electron chi connectivity index (χ4n) is 1.88. The fourth-order valence-corrected chi connectivity index (χ4v) is 2.44. The van der Waals surface area contributed by atoms with Crippen molar-refractivity contribution in [3.63, 3.8) is 0 Å². The molecular formula is C16H14Cl2F3NO3. The van der Waals surface area contributed by atoms with Crippen molar-refractivity contribution in [2.75, 3.05) is 18.5 Å². The van der Waals surface area contributed by atoms with E-state index in [4.69, 9.17) is 33.0 Å². The minimum Gasteiger partial charge on any atom is -0.454 e. The number of aliphatic hydroxyl groups is 2. The molecule has 0 radical (unpaired) electrons. The second-order valence-corrected chi connectivity index (χ2v) is 5.92. The van der Waals surface area contributed by atoms with Crippen LogP contribution in [0.2, 0.25) is 10.0 Å². The molecule has 0 bridgehead atoms. The summed E-state index contributed by atoms with van der Waals surface area (Å²) in [4.78, 5) is 0. The molecule has 2 aromatic carbocycles. The van der Waals surface area contributed by atoms with Gasteiger partial charge in [-0.15, -0.1) is 0 Å². The van der Waals surface area contributed by atoms with E-state index in [0.717, 1.165) is 12.1 Å². The molecule has 0 saturated carbocycles. The molecule has 2 aromatic rings. The number of anilines is 1. The van der Waals surface area contributed by atoms with Crippen LogP contribution in [-0.4, -0.2) is 29.5 Å². The molecule has 4 nitrogen and oxygen atoms in total. The van der Waals surface area contributed by atoms with Crippen LogP contribution in [0.3, 0.4) is 0 Å². The number of hydrogen-bond donors (Lipinski definition) is 3. The maximum atomic E-state index is 12.7. The van der Waals surface area contributed by atoms with E-state index in [1.54, 1.807) is 24.3 Å². The molecule has 0 saturated heterocycles. The van der Waals surface area contributed by atoms with Crippen molar-refractivity contribution >= 4 is 28.9 Å². The molecule has 1 unspecified atom stereocenters. The van der Waals surface area contributed by atoms with Gasteiger partial charge in [0.05, 0.1) is 28.3 Å². The van der Waals surface area contributed by atoms with Crippen molar-refractivity contribution in [2.45, 2.75) is 12.3 Å². The number of rotatable bonds is 6. The van der Waals surface area contributed by atoms with Gasteiger partial charge in [-0.05, 0) is 36.4 Å². The molecule has 0 spiro atoms. The van der Waals surface area contributed by atoms with Gasteiger partial charge in [-0.2, -0.15) is 13.2 Å². The normalized spacial score (nSPS) is 12.8. The van der Waals surface area contributed by atoms with Gasteiger partial charge in [0.25, 0.3) is 0 Å². The van der Waals surface area contributed by atoms with Crippen molar-refractivity contribution < 1.29 is 28.1 Å². The molecule has 0 aliphatic rings. The SMILES string of the molecule is OCC(O)CNc1ccc(Oc2c(Cl)cc(C(F)(F)F)cc2Cl)cc1. The Morgan fingerprint density at radius 1 is 1.08 bits per heavy atom. The van der Waals surface area contributed by atoms with Crippen LogP contribution in [0.1, 0.15) is 5.56 Å². The number of nitrogens with one attached hydrogen (secondary N) is 1. The Morgan fingerprint density at radius 2 is 1.64 bits per heavy atom. The maximum absolute atomic E-state index is 12.7. The van der Waals surface area contributed by atoms with E-state index in [-0.39, 0.29) is 28.9 Å². The molecule has 136 valence electrons. The number of hydrogen-bond acceptors (Lipinski definition) is 4. The molecule has 0 fully saturated rings. The lowest BCUT2D eigenvalue weighted by Gasteiger charge is -2.14. The number of aliphatic hydroxyl groups excluding tert-OH is 2. The van der Waals surface area contributed by atoms with Crippen LogP contribution in [0.25, 0.3) is 0 Å². The van der Waals surface area contributed by atoms with Gasteiger partial charge in [-0.1, -0.05) is 23.2 Å². The standard InChI is InChI=1S/C16H14Cl2F3NO3/c17-13-5-9(16(19,20)21)6-14(18)15(13)25-12-3-1-10(2-4-12)22-7-11(24)8-23/h1-6,11,22-24H,7-8H2. The maximum Gasteiger partial charge on any atom is 0.416 e. The summed E-state index contributed by atoms with van der Waals surface area (Å²) in [6.45, 7) is -0.202. The first-order valence-corrected chi connectivity index (χ1v) is 7.83. The summed E-state index contributed by atoms with van der Waals surface area (Å²) in [5.74, 6) is 0.240. The third kappa shape index (κ3) is 5.40. The smallest absolute Gasteiger partial charge is 0.416 e. The Kier molecular flexibility index (Phi) is 6.40. The zero-order valence-electron chi connectivity index (χ0n) is 12.6.